The minimum absolute atomic E-state index is 0.0338. The minimum atomic E-state index is 0.0338. The number of carbonyl (C=O) groups is 1. The summed E-state index contributed by atoms with van der Waals surface area (Å²) in [5, 5.41) is 0. The Labute approximate surface area is 81.5 Å². The molecule has 1 aromatic rings. The van der Waals surface area contributed by atoms with Crippen LogP contribution >= 0.6 is 11.3 Å². The number of ketones is 1. The summed E-state index contributed by atoms with van der Waals surface area (Å²) in [7, 11) is 0. The molecule has 0 aromatic carbocycles. The van der Waals surface area contributed by atoms with E-state index in [9.17, 15) is 4.79 Å². The number of nitrogens with two attached hydrogens (primary N) is 1. The van der Waals surface area contributed by atoms with Crippen molar-refractivity contribution in [2.24, 2.45) is 5.73 Å². The van der Waals surface area contributed by atoms with Gasteiger partial charge in [-0.15, -0.1) is 11.3 Å². The molecule has 0 radical (unpaired) electrons. The summed E-state index contributed by atoms with van der Waals surface area (Å²) in [6.07, 6.45) is 0. The van der Waals surface area contributed by atoms with Crippen molar-refractivity contribution in [2.45, 2.75) is 6.92 Å². The molecule has 0 atom stereocenters. The van der Waals surface area contributed by atoms with Crippen molar-refractivity contribution in [1.82, 2.24) is 0 Å². The van der Waals surface area contributed by atoms with E-state index in [1.54, 1.807) is 0 Å². The fraction of sp³-hybridized carbons (Fsp3) is 0.444. The van der Waals surface area contributed by atoms with Crippen LogP contribution in [0.2, 0.25) is 0 Å². The van der Waals surface area contributed by atoms with Gasteiger partial charge < -0.3 is 10.5 Å². The average molecular weight is 199 g/mol. The Hall–Kier alpha value is -0.710. The molecule has 0 aliphatic heterocycles. The molecule has 72 valence electrons. The monoisotopic (exact) mass is 199 g/mol. The smallest absolute Gasteiger partial charge is 0.198 e. The van der Waals surface area contributed by atoms with E-state index in [1.807, 2.05) is 19.1 Å². The molecule has 0 fully saturated rings. The van der Waals surface area contributed by atoms with Crippen molar-refractivity contribution in [3.8, 4) is 0 Å². The first kappa shape index (κ1) is 10.4. The number of thiophene rings is 1. The van der Waals surface area contributed by atoms with Crippen molar-refractivity contribution in [3.63, 3.8) is 0 Å². The second-order valence-electron chi connectivity index (χ2n) is 2.67. The zero-order valence-electron chi connectivity index (χ0n) is 7.58. The fourth-order valence-corrected chi connectivity index (χ4v) is 1.70. The standard InChI is InChI=1S/C9H13NO2S/c1-7-2-3-9(13-7)8(11)6-12-5-4-10/h2-3H,4-6,10H2,1H3. The first-order valence-corrected chi connectivity index (χ1v) is 4.93. The van der Waals surface area contributed by atoms with E-state index in [-0.39, 0.29) is 12.4 Å². The Balaban J connectivity index is 2.40. The molecule has 0 bridgehead atoms. The number of hydrogen-bond donors (Lipinski definition) is 1. The summed E-state index contributed by atoms with van der Waals surface area (Å²) in [6, 6.07) is 3.76. The highest BCUT2D eigenvalue weighted by molar-refractivity contribution is 7.14. The van der Waals surface area contributed by atoms with Crippen LogP contribution in [-0.4, -0.2) is 25.5 Å². The van der Waals surface area contributed by atoms with E-state index in [0.717, 1.165) is 9.75 Å². The number of ether oxygens (including phenoxy) is 1. The molecule has 1 aromatic heterocycles. The van der Waals surface area contributed by atoms with Gasteiger partial charge in [-0.25, -0.2) is 0 Å². The topological polar surface area (TPSA) is 52.3 Å². The fourth-order valence-electron chi connectivity index (χ4n) is 0.904. The molecule has 0 spiro atoms. The van der Waals surface area contributed by atoms with Gasteiger partial charge in [-0.2, -0.15) is 0 Å². The first-order chi connectivity index (χ1) is 6.24. The van der Waals surface area contributed by atoms with Crippen LogP contribution in [0, 0.1) is 6.92 Å². The van der Waals surface area contributed by atoms with Crippen molar-refractivity contribution >= 4 is 17.1 Å². The summed E-state index contributed by atoms with van der Waals surface area (Å²) >= 11 is 1.49. The normalized spacial score (nSPS) is 10.3. The summed E-state index contributed by atoms with van der Waals surface area (Å²) in [4.78, 5) is 13.3. The summed E-state index contributed by atoms with van der Waals surface area (Å²) in [5.41, 5.74) is 5.22. The van der Waals surface area contributed by atoms with Crippen LogP contribution in [0.4, 0.5) is 0 Å². The Morgan fingerprint density at radius 1 is 1.62 bits per heavy atom. The molecule has 13 heavy (non-hydrogen) atoms. The first-order valence-electron chi connectivity index (χ1n) is 4.11. The zero-order valence-corrected chi connectivity index (χ0v) is 8.39. The van der Waals surface area contributed by atoms with Gasteiger partial charge in [0.1, 0.15) is 6.61 Å². The molecule has 0 saturated heterocycles. The van der Waals surface area contributed by atoms with Gasteiger partial charge in [-0.1, -0.05) is 0 Å². The predicted molar refractivity (Wildman–Crippen MR) is 53.3 cm³/mol. The van der Waals surface area contributed by atoms with Gasteiger partial charge in [0.05, 0.1) is 11.5 Å². The second kappa shape index (κ2) is 5.11. The number of carbonyl (C=O) groups excluding carboxylic acids is 1. The number of rotatable bonds is 5. The molecule has 0 saturated carbocycles. The third-order valence-electron chi connectivity index (χ3n) is 1.51. The highest BCUT2D eigenvalue weighted by Crippen LogP contribution is 2.15. The van der Waals surface area contributed by atoms with E-state index in [4.69, 9.17) is 10.5 Å². The Kier molecular flexibility index (Phi) is 4.08. The molecule has 2 N–H and O–H groups in total. The maximum absolute atomic E-state index is 11.4. The minimum Gasteiger partial charge on any atom is -0.372 e. The average Bonchev–Trinajstić information content (AvgIpc) is 2.52. The maximum Gasteiger partial charge on any atom is 0.198 e. The van der Waals surface area contributed by atoms with Crippen LogP contribution in [0.3, 0.4) is 0 Å². The van der Waals surface area contributed by atoms with Crippen molar-refractivity contribution in [2.75, 3.05) is 19.8 Å². The van der Waals surface area contributed by atoms with Crippen LogP contribution in [0.25, 0.3) is 0 Å². The second-order valence-corrected chi connectivity index (χ2v) is 3.96. The lowest BCUT2D eigenvalue weighted by molar-refractivity contribution is 0.0778. The van der Waals surface area contributed by atoms with Gasteiger partial charge in [0.15, 0.2) is 5.78 Å². The Bertz CT molecular complexity index is 283. The lowest BCUT2D eigenvalue weighted by Gasteiger charge is -1.98. The lowest BCUT2D eigenvalue weighted by Crippen LogP contribution is -2.13. The van der Waals surface area contributed by atoms with E-state index in [1.165, 1.54) is 11.3 Å². The van der Waals surface area contributed by atoms with Crippen LogP contribution in [0.15, 0.2) is 12.1 Å². The molecule has 0 amide bonds. The SMILES string of the molecule is Cc1ccc(C(=O)COCCN)s1. The van der Waals surface area contributed by atoms with Gasteiger partial charge in [-0.05, 0) is 19.1 Å². The predicted octanol–water partition coefficient (Wildman–Crippen LogP) is 1.21. The number of hydrogen-bond acceptors (Lipinski definition) is 4. The van der Waals surface area contributed by atoms with Crippen molar-refractivity contribution < 1.29 is 9.53 Å². The van der Waals surface area contributed by atoms with Gasteiger partial charge in [0.2, 0.25) is 0 Å². The molecular formula is C9H13NO2S. The van der Waals surface area contributed by atoms with Crippen LogP contribution in [0.1, 0.15) is 14.5 Å². The molecule has 0 unspecified atom stereocenters. The molecule has 3 nitrogen and oxygen atoms in total. The highest BCUT2D eigenvalue weighted by Gasteiger charge is 2.07. The Morgan fingerprint density at radius 3 is 2.92 bits per heavy atom. The molecule has 0 aliphatic rings. The van der Waals surface area contributed by atoms with Crippen LogP contribution in [-0.2, 0) is 4.74 Å². The van der Waals surface area contributed by atoms with Crippen molar-refractivity contribution in [3.05, 3.63) is 21.9 Å². The number of aryl methyl sites for hydroxylation is 1. The van der Waals surface area contributed by atoms with E-state index in [2.05, 4.69) is 0 Å². The largest absolute Gasteiger partial charge is 0.372 e. The lowest BCUT2D eigenvalue weighted by atomic mass is 10.3. The maximum atomic E-state index is 11.4. The highest BCUT2D eigenvalue weighted by atomic mass is 32.1. The molecule has 4 heteroatoms. The molecule has 1 rings (SSSR count). The third kappa shape index (κ3) is 3.26. The molecule has 1 heterocycles. The summed E-state index contributed by atoms with van der Waals surface area (Å²) in [5.74, 6) is 0.0338. The van der Waals surface area contributed by atoms with E-state index < -0.39 is 0 Å². The number of Topliss-reactive ketones (excluding diaryl/α,β-unsaturated/α-hetero) is 1. The van der Waals surface area contributed by atoms with Crippen LogP contribution in [0.5, 0.6) is 0 Å². The van der Waals surface area contributed by atoms with Gasteiger partial charge in [0, 0.05) is 11.4 Å². The van der Waals surface area contributed by atoms with Gasteiger partial charge >= 0.3 is 0 Å². The summed E-state index contributed by atoms with van der Waals surface area (Å²) < 4.78 is 5.04. The quantitative estimate of drug-likeness (QED) is 0.573. The van der Waals surface area contributed by atoms with Gasteiger partial charge in [0.25, 0.3) is 0 Å². The van der Waals surface area contributed by atoms with E-state index >= 15 is 0 Å². The van der Waals surface area contributed by atoms with E-state index in [0.29, 0.717) is 13.2 Å². The summed E-state index contributed by atoms with van der Waals surface area (Å²) in [6.45, 7) is 3.01. The van der Waals surface area contributed by atoms with Crippen molar-refractivity contribution in [1.29, 1.82) is 0 Å². The zero-order chi connectivity index (χ0) is 9.68. The van der Waals surface area contributed by atoms with Crippen LogP contribution < -0.4 is 5.73 Å². The van der Waals surface area contributed by atoms with Gasteiger partial charge in [-0.3, -0.25) is 4.79 Å². The molecule has 0 aliphatic carbocycles. The molecular weight excluding hydrogens is 186 g/mol. The Morgan fingerprint density at radius 2 is 2.38 bits per heavy atom. The third-order valence-corrected chi connectivity index (χ3v) is 2.55.